The van der Waals surface area contributed by atoms with Crippen LogP contribution in [0.1, 0.15) is 18.5 Å². The number of fused-ring (bicyclic) bond motifs is 1. The minimum atomic E-state index is -0.272. The molecule has 2 nitrogen and oxygen atoms in total. The number of furan rings is 1. The van der Waals surface area contributed by atoms with Crippen LogP contribution in [0.4, 0.5) is 4.39 Å². The summed E-state index contributed by atoms with van der Waals surface area (Å²) in [5.74, 6) is 0.409. The van der Waals surface area contributed by atoms with E-state index in [4.69, 9.17) is 16.0 Å². The minimum Gasteiger partial charge on any atom is -0.456 e. The largest absolute Gasteiger partial charge is 0.456 e. The van der Waals surface area contributed by atoms with Gasteiger partial charge >= 0.3 is 0 Å². The molecule has 3 aromatic rings. The van der Waals surface area contributed by atoms with Crippen LogP contribution in [0.5, 0.6) is 0 Å². The van der Waals surface area contributed by atoms with E-state index in [9.17, 15) is 4.39 Å². The Morgan fingerprint density at radius 3 is 2.67 bits per heavy atom. The zero-order valence-electron chi connectivity index (χ0n) is 11.8. The topological polar surface area (TPSA) is 25.2 Å². The lowest BCUT2D eigenvalue weighted by Gasteiger charge is -2.13. The molecule has 0 fully saturated rings. The lowest BCUT2D eigenvalue weighted by atomic mass is 10.0. The van der Waals surface area contributed by atoms with Crippen LogP contribution in [0.3, 0.4) is 0 Å². The molecule has 108 valence electrons. The summed E-state index contributed by atoms with van der Waals surface area (Å²) in [6, 6.07) is 12.3. The molecule has 0 saturated heterocycles. The van der Waals surface area contributed by atoms with Crippen molar-refractivity contribution in [3.63, 3.8) is 0 Å². The summed E-state index contributed by atoms with van der Waals surface area (Å²) < 4.78 is 19.0. The fourth-order valence-electron chi connectivity index (χ4n) is 2.34. The van der Waals surface area contributed by atoms with Gasteiger partial charge in [-0.15, -0.1) is 0 Å². The maximum atomic E-state index is 13.2. The highest BCUT2D eigenvalue weighted by atomic mass is 35.5. The van der Waals surface area contributed by atoms with Crippen LogP contribution in [-0.4, -0.2) is 7.05 Å². The van der Waals surface area contributed by atoms with Gasteiger partial charge in [0.15, 0.2) is 0 Å². The zero-order valence-corrected chi connectivity index (χ0v) is 12.5. The molecule has 21 heavy (non-hydrogen) atoms. The van der Waals surface area contributed by atoms with Crippen molar-refractivity contribution in [1.82, 2.24) is 5.32 Å². The first-order valence-electron chi connectivity index (χ1n) is 6.74. The fraction of sp³-hybridized carbons (Fsp3) is 0.176. The van der Waals surface area contributed by atoms with Gasteiger partial charge in [0.05, 0.1) is 0 Å². The quantitative estimate of drug-likeness (QED) is 0.722. The lowest BCUT2D eigenvalue weighted by molar-refractivity contribution is 0.619. The van der Waals surface area contributed by atoms with E-state index in [0.717, 1.165) is 16.5 Å². The summed E-state index contributed by atoms with van der Waals surface area (Å²) in [6.45, 7) is 2.05. The number of benzene rings is 2. The van der Waals surface area contributed by atoms with E-state index in [1.807, 2.05) is 38.2 Å². The highest BCUT2D eigenvalue weighted by molar-refractivity contribution is 6.31. The minimum absolute atomic E-state index is 0.177. The Labute approximate surface area is 127 Å². The second-order valence-corrected chi connectivity index (χ2v) is 5.45. The van der Waals surface area contributed by atoms with Crippen LogP contribution < -0.4 is 5.32 Å². The van der Waals surface area contributed by atoms with Crippen LogP contribution in [0, 0.1) is 5.82 Å². The van der Waals surface area contributed by atoms with Crippen molar-refractivity contribution in [3.8, 4) is 11.3 Å². The number of hydrogen-bond acceptors (Lipinski definition) is 2. The lowest BCUT2D eigenvalue weighted by Crippen LogP contribution is -2.12. The monoisotopic (exact) mass is 303 g/mol. The van der Waals surface area contributed by atoms with Crippen molar-refractivity contribution in [2.24, 2.45) is 0 Å². The molecule has 0 amide bonds. The third-order valence-corrected chi connectivity index (χ3v) is 3.99. The van der Waals surface area contributed by atoms with E-state index in [2.05, 4.69) is 5.32 Å². The van der Waals surface area contributed by atoms with Crippen molar-refractivity contribution in [1.29, 1.82) is 0 Å². The molecule has 1 atom stereocenters. The Balaban J connectivity index is 2.04. The molecule has 1 aromatic heterocycles. The van der Waals surface area contributed by atoms with Crippen molar-refractivity contribution >= 4 is 22.6 Å². The molecule has 0 spiro atoms. The molecule has 0 aliphatic rings. The number of halogens is 2. The van der Waals surface area contributed by atoms with Crippen molar-refractivity contribution in [2.45, 2.75) is 13.0 Å². The van der Waals surface area contributed by atoms with Gasteiger partial charge in [0.1, 0.15) is 17.2 Å². The van der Waals surface area contributed by atoms with E-state index in [1.165, 1.54) is 12.1 Å². The molecule has 0 aliphatic carbocycles. The van der Waals surface area contributed by atoms with E-state index >= 15 is 0 Å². The Bertz CT molecular complexity index is 797. The van der Waals surface area contributed by atoms with Gasteiger partial charge in [0.2, 0.25) is 0 Å². The molecule has 4 heteroatoms. The van der Waals surface area contributed by atoms with Crippen molar-refractivity contribution < 1.29 is 8.81 Å². The first-order valence-corrected chi connectivity index (χ1v) is 7.12. The molecule has 0 aliphatic heterocycles. The third kappa shape index (κ3) is 2.67. The second kappa shape index (κ2) is 5.51. The van der Waals surface area contributed by atoms with Gasteiger partial charge in [-0.25, -0.2) is 4.39 Å². The van der Waals surface area contributed by atoms with Gasteiger partial charge in [-0.05, 0) is 49.9 Å². The molecule has 0 saturated carbocycles. The Kier molecular flexibility index (Phi) is 3.70. The maximum absolute atomic E-state index is 13.2. The van der Waals surface area contributed by atoms with Crippen molar-refractivity contribution in [3.05, 3.63) is 58.9 Å². The van der Waals surface area contributed by atoms with Crippen LogP contribution in [0.15, 0.2) is 46.9 Å². The number of nitrogens with one attached hydrogen (secondary N) is 1. The average Bonchev–Trinajstić information content (AvgIpc) is 2.89. The summed E-state index contributed by atoms with van der Waals surface area (Å²) in [4.78, 5) is 0. The predicted octanol–water partition coefficient (Wildman–Crippen LogP) is 5.17. The molecule has 3 rings (SSSR count). The van der Waals surface area contributed by atoms with E-state index in [-0.39, 0.29) is 11.9 Å². The van der Waals surface area contributed by atoms with Crippen LogP contribution in [0.2, 0.25) is 5.02 Å². The van der Waals surface area contributed by atoms with Crippen LogP contribution in [-0.2, 0) is 0 Å². The Morgan fingerprint density at radius 2 is 1.95 bits per heavy atom. The van der Waals surface area contributed by atoms with Gasteiger partial charge in [-0.2, -0.15) is 0 Å². The van der Waals surface area contributed by atoms with Gasteiger partial charge in [-0.1, -0.05) is 23.7 Å². The highest BCUT2D eigenvalue weighted by Gasteiger charge is 2.12. The average molecular weight is 304 g/mol. The molecule has 1 unspecified atom stereocenters. The smallest absolute Gasteiger partial charge is 0.135 e. The number of hydrogen-bond donors (Lipinski definition) is 1. The molecule has 0 bridgehead atoms. The summed E-state index contributed by atoms with van der Waals surface area (Å²) in [5, 5.41) is 4.59. The molecular formula is C17H15ClFNO. The Hall–Kier alpha value is -1.84. The SMILES string of the molecule is CNC(C)c1ccc(-c2cc3cc(F)ccc3o2)cc1Cl. The van der Waals surface area contributed by atoms with Gasteiger partial charge in [-0.3, -0.25) is 0 Å². The molecular weight excluding hydrogens is 289 g/mol. The third-order valence-electron chi connectivity index (χ3n) is 3.66. The van der Waals surface area contributed by atoms with Gasteiger partial charge in [0.25, 0.3) is 0 Å². The first-order chi connectivity index (χ1) is 10.1. The second-order valence-electron chi connectivity index (χ2n) is 5.04. The summed E-state index contributed by atoms with van der Waals surface area (Å²) in [5.41, 5.74) is 2.57. The summed E-state index contributed by atoms with van der Waals surface area (Å²) in [6.07, 6.45) is 0. The van der Waals surface area contributed by atoms with E-state index in [0.29, 0.717) is 16.4 Å². The fourth-order valence-corrected chi connectivity index (χ4v) is 2.69. The molecule has 2 aromatic carbocycles. The van der Waals surface area contributed by atoms with Crippen molar-refractivity contribution in [2.75, 3.05) is 7.05 Å². The predicted molar refractivity (Wildman–Crippen MR) is 84.1 cm³/mol. The zero-order chi connectivity index (χ0) is 15.0. The van der Waals surface area contributed by atoms with E-state index < -0.39 is 0 Å². The Morgan fingerprint density at radius 1 is 1.14 bits per heavy atom. The van der Waals surface area contributed by atoms with Crippen LogP contribution >= 0.6 is 11.6 Å². The summed E-state index contributed by atoms with van der Waals surface area (Å²) in [7, 11) is 1.89. The van der Waals surface area contributed by atoms with E-state index in [1.54, 1.807) is 6.07 Å². The maximum Gasteiger partial charge on any atom is 0.135 e. The van der Waals surface area contributed by atoms with Gasteiger partial charge in [0, 0.05) is 22.0 Å². The number of rotatable bonds is 3. The van der Waals surface area contributed by atoms with Gasteiger partial charge < -0.3 is 9.73 Å². The normalized spacial score (nSPS) is 12.8. The van der Waals surface area contributed by atoms with Crippen LogP contribution in [0.25, 0.3) is 22.3 Å². The highest BCUT2D eigenvalue weighted by Crippen LogP contribution is 2.32. The molecule has 1 heterocycles. The molecule has 0 radical (unpaired) electrons. The standard InChI is InChI=1S/C17H15ClFNO/c1-10(20-2)14-5-3-11(8-15(14)18)17-9-12-7-13(19)4-6-16(12)21-17/h3-10,20H,1-2H3. The summed E-state index contributed by atoms with van der Waals surface area (Å²) >= 11 is 6.34. The molecule has 1 N–H and O–H groups in total. The first kappa shape index (κ1) is 14.1.